The maximum absolute atomic E-state index is 3.76. The van der Waals surface area contributed by atoms with E-state index in [2.05, 4.69) is 86.4 Å². The van der Waals surface area contributed by atoms with Crippen LogP contribution in [0, 0.1) is 11.8 Å². The van der Waals surface area contributed by atoms with Crippen molar-refractivity contribution < 1.29 is 0 Å². The van der Waals surface area contributed by atoms with Gasteiger partial charge in [0.1, 0.15) is 0 Å². The van der Waals surface area contributed by atoms with Gasteiger partial charge in [0.2, 0.25) is 0 Å². The molecule has 2 unspecified atom stereocenters. The number of hydrogen-bond acceptors (Lipinski definition) is 0. The van der Waals surface area contributed by atoms with Crippen molar-refractivity contribution in [3.8, 4) is 0 Å². The summed E-state index contributed by atoms with van der Waals surface area (Å²) in [5.74, 6) is 1.75. The SMILES string of the molecule is CC(C)CCCP(Br)C(C)C.CC(C)CCCP(Br)C(C)C. The summed E-state index contributed by atoms with van der Waals surface area (Å²) in [5, 5.41) is 0. The molecule has 0 heterocycles. The second kappa shape index (κ2) is 16.3. The van der Waals surface area contributed by atoms with Gasteiger partial charge in [-0.1, -0.05) is 99.2 Å². The molecular formula is C18H40Br2P2. The molecule has 4 heteroatoms. The zero-order valence-electron chi connectivity index (χ0n) is 16.2. The molecule has 22 heavy (non-hydrogen) atoms. The molecule has 0 aliphatic rings. The average molecular weight is 478 g/mol. The summed E-state index contributed by atoms with van der Waals surface area (Å²) in [5.41, 5.74) is 1.69. The fourth-order valence-electron chi connectivity index (χ4n) is 1.82. The predicted octanol–water partition coefficient (Wildman–Crippen LogP) is 9.25. The monoisotopic (exact) mass is 476 g/mol. The van der Waals surface area contributed by atoms with Gasteiger partial charge in [0.25, 0.3) is 0 Å². The molecule has 0 N–H and O–H groups in total. The standard InChI is InChI=1S/2C9H20BrP/c2*1-8(2)6-5-7-11(10)9(3)4/h2*8-9H,5-7H2,1-4H3. The second-order valence-electron chi connectivity index (χ2n) is 7.51. The van der Waals surface area contributed by atoms with E-state index in [0.29, 0.717) is 0 Å². The van der Waals surface area contributed by atoms with E-state index in [0.717, 1.165) is 23.2 Å². The second-order valence-corrected chi connectivity index (χ2v) is 17.5. The summed E-state index contributed by atoms with van der Waals surface area (Å²) < 4.78 is 0. The van der Waals surface area contributed by atoms with Crippen LogP contribution < -0.4 is 0 Å². The Morgan fingerprint density at radius 2 is 0.864 bits per heavy atom. The van der Waals surface area contributed by atoms with E-state index < -0.39 is 0 Å². The lowest BCUT2D eigenvalue weighted by atomic mass is 10.1. The first-order valence-corrected chi connectivity index (χ1v) is 16.2. The molecule has 0 aromatic rings. The van der Waals surface area contributed by atoms with Crippen LogP contribution in [-0.4, -0.2) is 23.6 Å². The van der Waals surface area contributed by atoms with Gasteiger partial charge in [-0.05, 0) is 61.6 Å². The molecule has 0 aliphatic carbocycles. The minimum Gasteiger partial charge on any atom is -0.0628 e. The maximum atomic E-state index is 3.76. The molecule has 0 aliphatic heterocycles. The third-order valence-electron chi connectivity index (χ3n) is 3.43. The molecular weight excluding hydrogens is 438 g/mol. The van der Waals surface area contributed by atoms with Gasteiger partial charge in [-0.15, -0.1) is 0 Å². The van der Waals surface area contributed by atoms with Crippen molar-refractivity contribution in [2.75, 3.05) is 12.3 Å². The normalized spacial score (nSPS) is 14.5. The summed E-state index contributed by atoms with van der Waals surface area (Å²) in [6.07, 6.45) is 8.35. The minimum absolute atomic E-state index is 0.142. The summed E-state index contributed by atoms with van der Waals surface area (Å²) >= 11 is 7.51. The zero-order valence-corrected chi connectivity index (χ0v) is 21.2. The first-order valence-electron chi connectivity index (χ1n) is 8.92. The highest BCUT2D eigenvalue weighted by atomic mass is 79.9. The Morgan fingerprint density at radius 3 is 1.05 bits per heavy atom. The third-order valence-corrected chi connectivity index (χ3v) is 14.2. The largest absolute Gasteiger partial charge is 0.0628 e. The molecule has 0 aromatic heterocycles. The number of halogens is 2. The lowest BCUT2D eigenvalue weighted by Gasteiger charge is -2.14. The molecule has 0 radical (unpaired) electrons. The maximum Gasteiger partial charge on any atom is -0.0168 e. The fraction of sp³-hybridized carbons (Fsp3) is 1.00. The van der Waals surface area contributed by atoms with Gasteiger partial charge in [0.15, 0.2) is 0 Å². The molecule has 0 rings (SSSR count). The van der Waals surface area contributed by atoms with Crippen molar-refractivity contribution in [3.63, 3.8) is 0 Å². The molecule has 2 atom stereocenters. The van der Waals surface area contributed by atoms with Crippen LogP contribution in [0.5, 0.6) is 0 Å². The van der Waals surface area contributed by atoms with Crippen molar-refractivity contribution >= 4 is 44.2 Å². The van der Waals surface area contributed by atoms with Gasteiger partial charge >= 0.3 is 0 Å². The van der Waals surface area contributed by atoms with Gasteiger partial charge in [-0.3, -0.25) is 0 Å². The smallest absolute Gasteiger partial charge is 0.0168 e. The first-order chi connectivity index (χ1) is 10.1. The Morgan fingerprint density at radius 1 is 0.591 bits per heavy atom. The minimum atomic E-state index is 0.142. The van der Waals surface area contributed by atoms with E-state index in [1.807, 2.05) is 0 Å². The van der Waals surface area contributed by atoms with Crippen molar-refractivity contribution in [3.05, 3.63) is 0 Å². The Balaban J connectivity index is 0. The topological polar surface area (TPSA) is 0 Å². The van der Waals surface area contributed by atoms with Crippen LogP contribution in [0.15, 0.2) is 0 Å². The van der Waals surface area contributed by atoms with Crippen molar-refractivity contribution in [1.82, 2.24) is 0 Å². The van der Waals surface area contributed by atoms with Crippen LogP contribution in [0.2, 0.25) is 0 Å². The Hall–Kier alpha value is 1.82. The van der Waals surface area contributed by atoms with Crippen LogP contribution in [0.4, 0.5) is 0 Å². The van der Waals surface area contributed by atoms with E-state index in [1.165, 1.54) is 38.0 Å². The van der Waals surface area contributed by atoms with Crippen LogP contribution in [-0.2, 0) is 0 Å². The molecule has 0 bridgehead atoms. The van der Waals surface area contributed by atoms with E-state index in [-0.39, 0.29) is 13.2 Å². The fourth-order valence-corrected chi connectivity index (χ4v) is 5.32. The Labute approximate surface area is 160 Å². The van der Waals surface area contributed by atoms with Gasteiger partial charge in [-0.2, -0.15) is 0 Å². The van der Waals surface area contributed by atoms with Crippen LogP contribution in [0.3, 0.4) is 0 Å². The molecule has 0 saturated heterocycles. The molecule has 0 spiro atoms. The lowest BCUT2D eigenvalue weighted by Crippen LogP contribution is -1.94. The van der Waals surface area contributed by atoms with Crippen LogP contribution in [0.1, 0.15) is 81.1 Å². The quantitative estimate of drug-likeness (QED) is 0.275. The van der Waals surface area contributed by atoms with Crippen molar-refractivity contribution in [2.24, 2.45) is 11.8 Å². The highest BCUT2D eigenvalue weighted by Crippen LogP contribution is 2.50. The zero-order chi connectivity index (χ0) is 17.7. The van der Waals surface area contributed by atoms with E-state index >= 15 is 0 Å². The molecule has 0 aromatic carbocycles. The third kappa shape index (κ3) is 19.9. The van der Waals surface area contributed by atoms with E-state index in [1.54, 1.807) is 0 Å². The summed E-state index contributed by atoms with van der Waals surface area (Å²) in [4.78, 5) is 0. The number of hydrogen-bond donors (Lipinski definition) is 0. The molecule has 0 amide bonds. The van der Waals surface area contributed by atoms with Crippen LogP contribution in [0.25, 0.3) is 0 Å². The van der Waals surface area contributed by atoms with Gasteiger partial charge in [-0.25, -0.2) is 0 Å². The first kappa shape index (κ1) is 26.1. The molecule has 136 valence electrons. The average Bonchev–Trinajstić information content (AvgIpc) is 2.38. The Bertz CT molecular complexity index is 207. The van der Waals surface area contributed by atoms with Gasteiger partial charge in [0.05, 0.1) is 0 Å². The predicted molar refractivity (Wildman–Crippen MR) is 120 cm³/mol. The number of rotatable bonds is 10. The highest BCUT2D eigenvalue weighted by molar-refractivity contribution is 9.39. The summed E-state index contributed by atoms with van der Waals surface area (Å²) in [7, 11) is 0. The lowest BCUT2D eigenvalue weighted by molar-refractivity contribution is 0.578. The van der Waals surface area contributed by atoms with E-state index in [4.69, 9.17) is 0 Å². The van der Waals surface area contributed by atoms with Gasteiger partial charge in [0, 0.05) is 0 Å². The summed E-state index contributed by atoms with van der Waals surface area (Å²) in [6.45, 7) is 18.7. The summed E-state index contributed by atoms with van der Waals surface area (Å²) in [6, 6.07) is 0. The highest BCUT2D eigenvalue weighted by Gasteiger charge is 2.08. The van der Waals surface area contributed by atoms with Crippen LogP contribution >= 0.6 is 44.2 Å². The molecule has 0 nitrogen and oxygen atoms in total. The Kier molecular flexibility index (Phi) is 19.3. The van der Waals surface area contributed by atoms with Gasteiger partial charge < -0.3 is 0 Å². The molecule has 0 fully saturated rings. The van der Waals surface area contributed by atoms with Crippen molar-refractivity contribution in [1.29, 1.82) is 0 Å². The van der Waals surface area contributed by atoms with E-state index in [9.17, 15) is 0 Å². The van der Waals surface area contributed by atoms with Crippen molar-refractivity contribution in [2.45, 2.75) is 92.4 Å². The molecule has 0 saturated carbocycles.